The summed E-state index contributed by atoms with van der Waals surface area (Å²) in [6, 6.07) is 0. The molecule has 1 atom stereocenters. The molecule has 23 heavy (non-hydrogen) atoms. The standard InChI is InChI=1S/C13H23O9P/c1-5-22-23(17,18)13(12(16)21-4,8-6-10(14)19-2)9-7-11(15)20-3/h5-9H2,1-4H3,(H,17,18). The predicted molar refractivity (Wildman–Crippen MR) is 78.7 cm³/mol. The fourth-order valence-electron chi connectivity index (χ4n) is 2.04. The van der Waals surface area contributed by atoms with E-state index in [-0.39, 0.29) is 32.3 Å². The minimum Gasteiger partial charge on any atom is -0.469 e. The lowest BCUT2D eigenvalue weighted by Gasteiger charge is -2.33. The highest BCUT2D eigenvalue weighted by Crippen LogP contribution is 2.60. The van der Waals surface area contributed by atoms with E-state index in [0.717, 1.165) is 21.3 Å². The molecule has 0 radical (unpaired) electrons. The van der Waals surface area contributed by atoms with Crippen molar-refractivity contribution in [2.24, 2.45) is 0 Å². The number of rotatable bonds is 10. The van der Waals surface area contributed by atoms with E-state index in [2.05, 4.69) is 14.2 Å². The first-order chi connectivity index (χ1) is 10.7. The number of carbonyl (C=O) groups is 3. The van der Waals surface area contributed by atoms with Crippen LogP contribution in [-0.2, 0) is 37.7 Å². The maximum atomic E-state index is 12.6. The van der Waals surface area contributed by atoms with Crippen molar-refractivity contribution in [3.63, 3.8) is 0 Å². The Hall–Kier alpha value is -1.44. The summed E-state index contributed by atoms with van der Waals surface area (Å²) in [5, 5.41) is -2.06. The SMILES string of the molecule is CCOP(=O)(O)C(CCC(=O)OC)(CCC(=O)OC)C(=O)OC. The largest absolute Gasteiger partial charge is 0.469 e. The van der Waals surface area contributed by atoms with Crippen LogP contribution in [0.25, 0.3) is 0 Å². The van der Waals surface area contributed by atoms with Crippen LogP contribution in [0.1, 0.15) is 32.6 Å². The summed E-state index contributed by atoms with van der Waals surface area (Å²) in [4.78, 5) is 45.2. The first kappa shape index (κ1) is 21.6. The van der Waals surface area contributed by atoms with E-state index < -0.39 is 30.7 Å². The summed E-state index contributed by atoms with van der Waals surface area (Å²) >= 11 is 0. The highest BCUT2D eigenvalue weighted by atomic mass is 31.2. The van der Waals surface area contributed by atoms with Crippen LogP contribution >= 0.6 is 7.60 Å². The molecule has 134 valence electrons. The maximum Gasteiger partial charge on any atom is 0.345 e. The van der Waals surface area contributed by atoms with Gasteiger partial charge in [0, 0.05) is 12.8 Å². The van der Waals surface area contributed by atoms with E-state index >= 15 is 0 Å². The van der Waals surface area contributed by atoms with Crippen molar-refractivity contribution in [2.75, 3.05) is 27.9 Å². The fraction of sp³-hybridized carbons (Fsp3) is 0.769. The normalized spacial score (nSPS) is 13.8. The lowest BCUT2D eigenvalue weighted by molar-refractivity contribution is -0.146. The molecule has 9 nitrogen and oxygen atoms in total. The molecule has 0 aliphatic carbocycles. The molecule has 0 saturated carbocycles. The minimum absolute atomic E-state index is 0.136. The van der Waals surface area contributed by atoms with Crippen LogP contribution in [0.15, 0.2) is 0 Å². The molecule has 0 bridgehead atoms. The highest BCUT2D eigenvalue weighted by molar-refractivity contribution is 7.55. The lowest BCUT2D eigenvalue weighted by Crippen LogP contribution is -2.41. The van der Waals surface area contributed by atoms with Gasteiger partial charge in [-0.2, -0.15) is 0 Å². The van der Waals surface area contributed by atoms with Gasteiger partial charge >= 0.3 is 25.5 Å². The van der Waals surface area contributed by atoms with Crippen LogP contribution < -0.4 is 0 Å². The first-order valence-corrected chi connectivity index (χ1v) is 8.48. The van der Waals surface area contributed by atoms with Gasteiger partial charge in [-0.15, -0.1) is 0 Å². The van der Waals surface area contributed by atoms with Gasteiger partial charge < -0.3 is 23.6 Å². The van der Waals surface area contributed by atoms with Crippen LogP contribution in [0.4, 0.5) is 0 Å². The van der Waals surface area contributed by atoms with Crippen molar-refractivity contribution in [1.82, 2.24) is 0 Å². The Morgan fingerprint density at radius 1 is 0.957 bits per heavy atom. The van der Waals surface area contributed by atoms with Crippen molar-refractivity contribution in [3.05, 3.63) is 0 Å². The van der Waals surface area contributed by atoms with Crippen molar-refractivity contribution < 1.29 is 42.6 Å². The molecule has 0 fully saturated rings. The zero-order valence-corrected chi connectivity index (χ0v) is 14.6. The van der Waals surface area contributed by atoms with Gasteiger partial charge in [0.15, 0.2) is 5.16 Å². The van der Waals surface area contributed by atoms with E-state index in [1.807, 2.05) is 0 Å². The monoisotopic (exact) mass is 354 g/mol. The van der Waals surface area contributed by atoms with Crippen LogP contribution in [-0.4, -0.2) is 55.9 Å². The summed E-state index contributed by atoms with van der Waals surface area (Å²) in [6.07, 6.45) is -1.36. The fourth-order valence-corrected chi connectivity index (χ4v) is 3.75. The molecule has 0 rings (SSSR count). The van der Waals surface area contributed by atoms with Gasteiger partial charge in [0.2, 0.25) is 0 Å². The third kappa shape index (κ3) is 5.60. The molecule has 1 N–H and O–H groups in total. The van der Waals surface area contributed by atoms with E-state index in [1.165, 1.54) is 6.92 Å². The Kier molecular flexibility index (Phi) is 9.04. The Labute approximate surface area is 134 Å². The number of methoxy groups -OCH3 is 3. The molecule has 1 unspecified atom stereocenters. The average Bonchev–Trinajstić information content (AvgIpc) is 2.53. The van der Waals surface area contributed by atoms with Gasteiger partial charge in [-0.3, -0.25) is 18.9 Å². The van der Waals surface area contributed by atoms with Gasteiger partial charge in [-0.1, -0.05) is 0 Å². The zero-order chi connectivity index (χ0) is 18.1. The Bertz CT molecular complexity index is 454. The van der Waals surface area contributed by atoms with Gasteiger partial charge in [-0.05, 0) is 19.8 Å². The summed E-state index contributed by atoms with van der Waals surface area (Å²) in [5.74, 6) is -2.38. The van der Waals surface area contributed by atoms with Gasteiger partial charge in [0.25, 0.3) is 0 Å². The number of hydrogen-bond acceptors (Lipinski definition) is 8. The number of carbonyl (C=O) groups excluding carboxylic acids is 3. The molecule has 0 aromatic rings. The summed E-state index contributed by atoms with van der Waals surface area (Å²) < 4.78 is 31.0. The maximum absolute atomic E-state index is 12.6. The zero-order valence-electron chi connectivity index (χ0n) is 13.7. The molecule has 10 heteroatoms. The van der Waals surface area contributed by atoms with Gasteiger partial charge in [0.05, 0.1) is 27.9 Å². The van der Waals surface area contributed by atoms with E-state index in [4.69, 9.17) is 4.52 Å². The summed E-state index contributed by atoms with van der Waals surface area (Å²) in [6.45, 7) is 1.34. The second-order valence-corrected chi connectivity index (χ2v) is 6.77. The summed E-state index contributed by atoms with van der Waals surface area (Å²) in [7, 11) is -1.19. The number of hydrogen-bond donors (Lipinski definition) is 1. The van der Waals surface area contributed by atoms with Crippen molar-refractivity contribution in [2.45, 2.75) is 37.8 Å². The van der Waals surface area contributed by atoms with E-state index in [9.17, 15) is 23.8 Å². The molecule has 0 aliphatic heterocycles. The van der Waals surface area contributed by atoms with Crippen LogP contribution in [0.2, 0.25) is 0 Å². The number of ether oxygens (including phenoxy) is 3. The third-order valence-corrected chi connectivity index (χ3v) is 5.67. The molecule has 0 aromatic carbocycles. The van der Waals surface area contributed by atoms with Crippen molar-refractivity contribution >= 4 is 25.5 Å². The Morgan fingerprint density at radius 3 is 1.70 bits per heavy atom. The topological polar surface area (TPSA) is 125 Å². The molecule has 0 aromatic heterocycles. The summed E-state index contributed by atoms with van der Waals surface area (Å²) in [5.41, 5.74) is 0. The van der Waals surface area contributed by atoms with Gasteiger partial charge in [-0.25, -0.2) is 0 Å². The van der Waals surface area contributed by atoms with Crippen LogP contribution in [0.3, 0.4) is 0 Å². The van der Waals surface area contributed by atoms with E-state index in [0.29, 0.717) is 0 Å². The molecule has 0 aliphatic rings. The molecule has 0 heterocycles. The third-order valence-electron chi connectivity index (χ3n) is 3.35. The average molecular weight is 354 g/mol. The number of esters is 3. The Morgan fingerprint density at radius 2 is 1.39 bits per heavy atom. The second kappa shape index (κ2) is 9.64. The Balaban J connectivity index is 5.71. The molecule has 0 saturated heterocycles. The van der Waals surface area contributed by atoms with E-state index in [1.54, 1.807) is 0 Å². The lowest BCUT2D eigenvalue weighted by atomic mass is 9.96. The predicted octanol–water partition coefficient (Wildman–Crippen LogP) is 1.03. The quantitative estimate of drug-likeness (QED) is 0.348. The van der Waals surface area contributed by atoms with Crippen molar-refractivity contribution in [1.29, 1.82) is 0 Å². The van der Waals surface area contributed by atoms with Gasteiger partial charge in [0.1, 0.15) is 0 Å². The molecule has 0 spiro atoms. The molecular formula is C13H23O9P. The first-order valence-electron chi connectivity index (χ1n) is 6.90. The second-order valence-electron chi connectivity index (χ2n) is 4.61. The molecule has 0 amide bonds. The molecular weight excluding hydrogens is 331 g/mol. The van der Waals surface area contributed by atoms with Crippen molar-refractivity contribution in [3.8, 4) is 0 Å². The van der Waals surface area contributed by atoms with Crippen LogP contribution in [0, 0.1) is 0 Å². The minimum atomic E-state index is -4.53. The van der Waals surface area contributed by atoms with Crippen LogP contribution in [0.5, 0.6) is 0 Å². The smallest absolute Gasteiger partial charge is 0.345 e. The highest BCUT2D eigenvalue weighted by Gasteiger charge is 2.56.